The number of fused-ring (bicyclic) bond motifs is 2. The number of carbonyl (C=O) groups is 1. The molecule has 1 atom stereocenters. The van der Waals surface area contributed by atoms with E-state index in [0.717, 1.165) is 11.9 Å². The highest BCUT2D eigenvalue weighted by Gasteiger charge is 2.34. The standard InChI is InChI=1S/C20H20ClN3O/c1-13(2)19-17-6-4-3-5-14(17)9-10-23(19)20(25)18-11-16-8-7-15(21)12-24(16)22-18/h3-8,11-13,19H,9-10H2,1-2H3. The summed E-state index contributed by atoms with van der Waals surface area (Å²) in [6.07, 6.45) is 2.60. The number of aromatic nitrogens is 2. The maximum absolute atomic E-state index is 13.2. The Morgan fingerprint density at radius 1 is 1.24 bits per heavy atom. The van der Waals surface area contributed by atoms with Gasteiger partial charge in [-0.15, -0.1) is 0 Å². The zero-order valence-electron chi connectivity index (χ0n) is 14.3. The van der Waals surface area contributed by atoms with Crippen LogP contribution in [0.4, 0.5) is 0 Å². The van der Waals surface area contributed by atoms with Crippen LogP contribution < -0.4 is 0 Å². The van der Waals surface area contributed by atoms with Gasteiger partial charge in [0, 0.05) is 12.7 Å². The maximum Gasteiger partial charge on any atom is 0.274 e. The van der Waals surface area contributed by atoms with Gasteiger partial charge in [0.2, 0.25) is 0 Å². The lowest BCUT2D eigenvalue weighted by Gasteiger charge is -2.39. The first kappa shape index (κ1) is 16.2. The zero-order chi connectivity index (χ0) is 17.6. The van der Waals surface area contributed by atoms with Gasteiger partial charge in [0.25, 0.3) is 5.91 Å². The maximum atomic E-state index is 13.2. The fourth-order valence-corrected chi connectivity index (χ4v) is 3.91. The Bertz CT molecular complexity index is 947. The van der Waals surface area contributed by atoms with Gasteiger partial charge < -0.3 is 4.90 Å². The van der Waals surface area contributed by atoms with E-state index in [1.807, 2.05) is 17.0 Å². The molecule has 0 radical (unpaired) electrons. The Morgan fingerprint density at radius 3 is 2.84 bits per heavy atom. The van der Waals surface area contributed by atoms with E-state index >= 15 is 0 Å². The first-order valence-corrected chi connectivity index (χ1v) is 8.96. The Balaban J connectivity index is 1.73. The third kappa shape index (κ3) is 2.81. The van der Waals surface area contributed by atoms with E-state index in [2.05, 4.69) is 43.2 Å². The SMILES string of the molecule is CC(C)C1c2ccccc2CCN1C(=O)c1cc2ccc(Cl)cn2n1. The van der Waals surface area contributed by atoms with E-state index in [4.69, 9.17) is 11.6 Å². The second kappa shape index (κ2) is 6.19. The summed E-state index contributed by atoms with van der Waals surface area (Å²) in [5, 5.41) is 5.04. The number of amides is 1. The second-order valence-corrected chi connectivity index (χ2v) is 7.32. The highest BCUT2D eigenvalue weighted by molar-refractivity contribution is 6.30. The summed E-state index contributed by atoms with van der Waals surface area (Å²) in [7, 11) is 0. The third-order valence-corrected chi connectivity index (χ3v) is 5.09. The smallest absolute Gasteiger partial charge is 0.274 e. The number of hydrogen-bond acceptors (Lipinski definition) is 2. The molecular formula is C20H20ClN3O. The summed E-state index contributed by atoms with van der Waals surface area (Å²) in [4.78, 5) is 15.2. The molecule has 2 aromatic heterocycles. The molecule has 128 valence electrons. The number of rotatable bonds is 2. The second-order valence-electron chi connectivity index (χ2n) is 6.88. The molecule has 0 N–H and O–H groups in total. The van der Waals surface area contributed by atoms with Crippen LogP contribution in [0.15, 0.2) is 48.7 Å². The highest BCUT2D eigenvalue weighted by Crippen LogP contribution is 2.36. The minimum Gasteiger partial charge on any atom is -0.330 e. The number of nitrogens with zero attached hydrogens (tertiary/aromatic N) is 3. The van der Waals surface area contributed by atoms with Crippen molar-refractivity contribution in [3.8, 4) is 0 Å². The Morgan fingerprint density at radius 2 is 2.04 bits per heavy atom. The summed E-state index contributed by atoms with van der Waals surface area (Å²) < 4.78 is 1.66. The molecule has 25 heavy (non-hydrogen) atoms. The molecular weight excluding hydrogens is 334 g/mol. The normalized spacial score (nSPS) is 17.1. The highest BCUT2D eigenvalue weighted by atomic mass is 35.5. The lowest BCUT2D eigenvalue weighted by Crippen LogP contribution is -2.42. The van der Waals surface area contributed by atoms with Gasteiger partial charge in [-0.3, -0.25) is 4.79 Å². The molecule has 5 heteroatoms. The van der Waals surface area contributed by atoms with Gasteiger partial charge in [-0.2, -0.15) is 5.10 Å². The lowest BCUT2D eigenvalue weighted by atomic mass is 9.86. The first-order valence-electron chi connectivity index (χ1n) is 8.58. The van der Waals surface area contributed by atoms with E-state index in [-0.39, 0.29) is 11.9 Å². The largest absolute Gasteiger partial charge is 0.330 e. The number of halogens is 1. The minimum atomic E-state index is -0.0203. The van der Waals surface area contributed by atoms with Crippen LogP contribution in [0.25, 0.3) is 5.52 Å². The van der Waals surface area contributed by atoms with Gasteiger partial charge in [-0.25, -0.2) is 4.52 Å². The fraction of sp³-hybridized carbons (Fsp3) is 0.300. The van der Waals surface area contributed by atoms with Gasteiger partial charge in [0.05, 0.1) is 16.6 Å². The first-order chi connectivity index (χ1) is 12.0. The number of carbonyl (C=O) groups excluding carboxylic acids is 1. The van der Waals surface area contributed by atoms with Crippen molar-refractivity contribution in [1.29, 1.82) is 0 Å². The summed E-state index contributed by atoms with van der Waals surface area (Å²) in [6, 6.07) is 14.0. The average Bonchev–Trinajstić information content (AvgIpc) is 3.03. The van der Waals surface area contributed by atoms with Crippen molar-refractivity contribution < 1.29 is 4.79 Å². The van der Waals surface area contributed by atoms with Crippen molar-refractivity contribution >= 4 is 23.0 Å². The van der Waals surface area contributed by atoms with Gasteiger partial charge in [0.1, 0.15) is 0 Å². The van der Waals surface area contributed by atoms with Crippen LogP contribution in [0, 0.1) is 5.92 Å². The lowest BCUT2D eigenvalue weighted by molar-refractivity contribution is 0.0597. The minimum absolute atomic E-state index is 0.0203. The van der Waals surface area contributed by atoms with E-state index in [9.17, 15) is 4.79 Å². The van der Waals surface area contributed by atoms with Crippen molar-refractivity contribution in [3.63, 3.8) is 0 Å². The van der Waals surface area contributed by atoms with Gasteiger partial charge in [-0.05, 0) is 41.7 Å². The van der Waals surface area contributed by atoms with Crippen LogP contribution in [-0.4, -0.2) is 27.0 Å². The van der Waals surface area contributed by atoms with Crippen molar-refractivity contribution in [2.75, 3.05) is 6.54 Å². The van der Waals surface area contributed by atoms with E-state index in [0.29, 0.717) is 23.2 Å². The summed E-state index contributed by atoms with van der Waals surface area (Å²) >= 11 is 6.02. The molecule has 1 aliphatic rings. The van der Waals surface area contributed by atoms with Gasteiger partial charge >= 0.3 is 0 Å². The van der Waals surface area contributed by atoms with Crippen LogP contribution in [0.2, 0.25) is 5.02 Å². The molecule has 4 rings (SSSR count). The van der Waals surface area contributed by atoms with Crippen molar-refractivity contribution in [2.45, 2.75) is 26.3 Å². The van der Waals surface area contributed by atoms with Crippen molar-refractivity contribution in [1.82, 2.24) is 14.5 Å². The number of pyridine rings is 1. The third-order valence-electron chi connectivity index (χ3n) is 4.87. The molecule has 1 amide bonds. The number of benzene rings is 1. The average molecular weight is 354 g/mol. The molecule has 0 fully saturated rings. The van der Waals surface area contributed by atoms with E-state index < -0.39 is 0 Å². The molecule has 0 aliphatic carbocycles. The van der Waals surface area contributed by atoms with Crippen molar-refractivity contribution in [3.05, 3.63) is 70.5 Å². The van der Waals surface area contributed by atoms with Crippen molar-refractivity contribution in [2.24, 2.45) is 5.92 Å². The summed E-state index contributed by atoms with van der Waals surface area (Å²) in [5.41, 5.74) is 3.93. The molecule has 4 nitrogen and oxygen atoms in total. The molecule has 0 bridgehead atoms. The van der Waals surface area contributed by atoms with E-state index in [1.165, 1.54) is 11.1 Å². The molecule has 1 aromatic carbocycles. The Labute approximate surface area is 152 Å². The molecule has 0 saturated carbocycles. The molecule has 3 heterocycles. The fourth-order valence-electron chi connectivity index (χ4n) is 3.76. The molecule has 3 aromatic rings. The van der Waals surface area contributed by atoms with Crippen LogP contribution in [-0.2, 0) is 6.42 Å². The van der Waals surface area contributed by atoms with Crippen LogP contribution >= 0.6 is 11.6 Å². The number of hydrogen-bond donors (Lipinski definition) is 0. The van der Waals surface area contributed by atoms with Crippen LogP contribution in [0.3, 0.4) is 0 Å². The topological polar surface area (TPSA) is 37.6 Å². The predicted octanol–water partition coefficient (Wildman–Crippen LogP) is 4.38. The van der Waals surface area contributed by atoms with Gasteiger partial charge in [-0.1, -0.05) is 49.7 Å². The molecule has 1 unspecified atom stereocenters. The predicted molar refractivity (Wildman–Crippen MR) is 99.0 cm³/mol. The van der Waals surface area contributed by atoms with E-state index in [1.54, 1.807) is 16.8 Å². The monoisotopic (exact) mass is 353 g/mol. The zero-order valence-corrected chi connectivity index (χ0v) is 15.1. The molecule has 0 spiro atoms. The Kier molecular flexibility index (Phi) is 4.00. The summed E-state index contributed by atoms with van der Waals surface area (Å²) in [6.45, 7) is 5.04. The van der Waals surface area contributed by atoms with Crippen LogP contribution in [0.5, 0.6) is 0 Å². The summed E-state index contributed by atoms with van der Waals surface area (Å²) in [5.74, 6) is 0.310. The molecule has 1 aliphatic heterocycles. The molecule has 0 saturated heterocycles. The van der Waals surface area contributed by atoms with Gasteiger partial charge in [0.15, 0.2) is 5.69 Å². The quantitative estimate of drug-likeness (QED) is 0.685. The Hall–Kier alpha value is -2.33. The van der Waals surface area contributed by atoms with Crippen LogP contribution in [0.1, 0.15) is 41.5 Å².